The van der Waals surface area contributed by atoms with E-state index in [0.717, 1.165) is 78.6 Å². The third-order valence-electron chi connectivity index (χ3n) is 7.12. The molecule has 0 aliphatic carbocycles. The molecule has 1 saturated heterocycles. The second kappa shape index (κ2) is 9.69. The first-order valence-corrected chi connectivity index (χ1v) is 13.0. The minimum absolute atomic E-state index is 0.0821. The summed E-state index contributed by atoms with van der Waals surface area (Å²) in [5.41, 5.74) is 6.56. The maximum absolute atomic E-state index is 13.8. The van der Waals surface area contributed by atoms with E-state index in [4.69, 9.17) is 4.98 Å². The van der Waals surface area contributed by atoms with Crippen LogP contribution >= 0.6 is 0 Å². The zero-order valence-electron chi connectivity index (χ0n) is 21.3. The molecule has 4 aromatic rings. The van der Waals surface area contributed by atoms with Gasteiger partial charge < -0.3 is 10.2 Å². The van der Waals surface area contributed by atoms with Crippen LogP contribution in [0, 0.1) is 6.92 Å². The van der Waals surface area contributed by atoms with Crippen molar-refractivity contribution < 1.29 is 4.79 Å². The molecule has 2 aliphatic rings. The fourth-order valence-electron chi connectivity index (χ4n) is 5.36. The number of hydrogen-bond acceptors (Lipinski definition) is 5. The van der Waals surface area contributed by atoms with Gasteiger partial charge in [0, 0.05) is 36.4 Å². The molecule has 2 amide bonds. The third kappa shape index (κ3) is 4.55. The Morgan fingerprint density at radius 3 is 2.73 bits per heavy atom. The smallest absolute Gasteiger partial charge is 0.327 e. The number of rotatable bonds is 5. The van der Waals surface area contributed by atoms with E-state index in [9.17, 15) is 4.79 Å². The van der Waals surface area contributed by atoms with Gasteiger partial charge in [-0.1, -0.05) is 48.0 Å². The molecular weight excluding hydrogens is 462 g/mol. The summed E-state index contributed by atoms with van der Waals surface area (Å²) in [5, 5.41) is 11.6. The molecule has 0 unspecified atom stereocenters. The molecule has 0 spiro atoms. The normalized spacial score (nSPS) is 16.4. The van der Waals surface area contributed by atoms with Crippen LogP contribution in [0.3, 0.4) is 0 Å². The van der Waals surface area contributed by atoms with E-state index in [0.29, 0.717) is 0 Å². The van der Waals surface area contributed by atoms with Crippen LogP contribution in [0.5, 0.6) is 0 Å². The van der Waals surface area contributed by atoms with E-state index in [1.54, 1.807) is 0 Å². The Balaban J connectivity index is 1.31. The summed E-state index contributed by atoms with van der Waals surface area (Å²) in [7, 11) is 0. The second-order valence-electron chi connectivity index (χ2n) is 9.90. The predicted octanol–water partition coefficient (Wildman–Crippen LogP) is 5.75. The number of carbonyl (C=O) groups is 1. The highest BCUT2D eigenvalue weighted by Crippen LogP contribution is 2.39. The van der Waals surface area contributed by atoms with Crippen molar-refractivity contribution in [2.45, 2.75) is 45.7 Å². The highest BCUT2D eigenvalue weighted by molar-refractivity contribution is 6.04. The lowest BCUT2D eigenvalue weighted by Crippen LogP contribution is -2.56. The van der Waals surface area contributed by atoms with Crippen LogP contribution < -0.4 is 15.1 Å². The molecule has 4 heterocycles. The van der Waals surface area contributed by atoms with Gasteiger partial charge in [-0.15, -0.1) is 5.10 Å². The van der Waals surface area contributed by atoms with Crippen molar-refractivity contribution >= 4 is 23.2 Å². The molecule has 2 aliphatic heterocycles. The fraction of sp³-hybridized carbons (Fsp3) is 0.310. The Morgan fingerprint density at radius 2 is 1.89 bits per heavy atom. The van der Waals surface area contributed by atoms with Crippen LogP contribution in [0.15, 0.2) is 66.9 Å². The first kappa shape index (κ1) is 23.2. The lowest BCUT2D eigenvalue weighted by atomic mass is 9.99. The minimum atomic E-state index is -0.159. The zero-order valence-corrected chi connectivity index (χ0v) is 21.3. The molecular formula is C29H31N7O. The lowest BCUT2D eigenvalue weighted by molar-refractivity contribution is 0.252. The van der Waals surface area contributed by atoms with Crippen LogP contribution in [-0.2, 0) is 6.54 Å². The van der Waals surface area contributed by atoms with Crippen molar-refractivity contribution in [2.75, 3.05) is 28.2 Å². The predicted molar refractivity (Wildman–Crippen MR) is 147 cm³/mol. The van der Waals surface area contributed by atoms with E-state index >= 15 is 0 Å². The molecule has 2 aromatic heterocycles. The lowest BCUT2D eigenvalue weighted by Gasteiger charge is -2.45. The number of nitrogens with one attached hydrogen (secondary N) is 1. The number of carbonyl (C=O) groups excluding carboxylic acids is 1. The van der Waals surface area contributed by atoms with Gasteiger partial charge in [0.05, 0.1) is 23.6 Å². The summed E-state index contributed by atoms with van der Waals surface area (Å²) in [6.45, 7) is 6.84. The van der Waals surface area contributed by atoms with Crippen molar-refractivity contribution in [3.05, 3.63) is 72.4 Å². The molecule has 1 fully saturated rings. The van der Waals surface area contributed by atoms with Crippen molar-refractivity contribution in [3.8, 4) is 22.5 Å². The number of piperidine rings is 1. The van der Waals surface area contributed by atoms with Gasteiger partial charge in [0.25, 0.3) is 0 Å². The van der Waals surface area contributed by atoms with E-state index in [1.807, 2.05) is 46.1 Å². The van der Waals surface area contributed by atoms with Gasteiger partial charge in [0.1, 0.15) is 5.69 Å². The first-order chi connectivity index (χ1) is 18.1. The van der Waals surface area contributed by atoms with Crippen LogP contribution in [0.4, 0.5) is 22.0 Å². The summed E-state index contributed by atoms with van der Waals surface area (Å²) < 4.78 is 1.84. The molecule has 0 saturated carbocycles. The van der Waals surface area contributed by atoms with Crippen LogP contribution in [0.25, 0.3) is 22.5 Å². The first-order valence-electron chi connectivity index (χ1n) is 13.0. The molecule has 37 heavy (non-hydrogen) atoms. The Hall–Kier alpha value is -4.20. The number of urea groups is 1. The minimum Gasteiger partial charge on any atom is -0.366 e. The average molecular weight is 494 g/mol. The Labute approximate surface area is 216 Å². The van der Waals surface area contributed by atoms with Gasteiger partial charge in [-0.05, 0) is 56.5 Å². The second-order valence-corrected chi connectivity index (χ2v) is 9.90. The highest BCUT2D eigenvalue weighted by Gasteiger charge is 2.38. The third-order valence-corrected chi connectivity index (χ3v) is 7.12. The molecule has 1 atom stereocenters. The summed E-state index contributed by atoms with van der Waals surface area (Å²) in [6.07, 6.45) is 4.95. The van der Waals surface area contributed by atoms with E-state index in [2.05, 4.69) is 64.7 Å². The molecule has 0 radical (unpaired) electrons. The summed E-state index contributed by atoms with van der Waals surface area (Å²) in [5.74, 6) is 0.728. The quantitative estimate of drug-likeness (QED) is 0.383. The summed E-state index contributed by atoms with van der Waals surface area (Å²) in [4.78, 5) is 23.1. The number of fused-ring (bicyclic) bond motifs is 4. The highest BCUT2D eigenvalue weighted by atomic mass is 16.2. The number of aromatic nitrogens is 4. The molecule has 8 heteroatoms. The molecule has 6 rings (SSSR count). The van der Waals surface area contributed by atoms with Crippen molar-refractivity contribution in [1.29, 1.82) is 0 Å². The summed E-state index contributed by atoms with van der Waals surface area (Å²) in [6, 6.07) is 20.2. The van der Waals surface area contributed by atoms with Gasteiger partial charge in [0.2, 0.25) is 0 Å². The maximum Gasteiger partial charge on any atom is 0.327 e. The number of hydrogen-bond donors (Lipinski definition) is 1. The summed E-state index contributed by atoms with van der Waals surface area (Å²) >= 11 is 0. The van der Waals surface area contributed by atoms with Crippen molar-refractivity contribution in [2.24, 2.45) is 0 Å². The number of amides is 2. The zero-order chi connectivity index (χ0) is 25.4. The SMILES string of the molecule is CCCn1cc(-c2cccc(NC(=O)N3c4nc(-c5cccc(C)c5)ccc4N4CCC[C@H]3C4)c2)nn1. The molecule has 8 nitrogen and oxygen atoms in total. The number of nitrogens with zero attached hydrogens (tertiary/aromatic N) is 6. The van der Waals surface area contributed by atoms with Crippen LogP contribution in [0.1, 0.15) is 31.7 Å². The van der Waals surface area contributed by atoms with Gasteiger partial charge in [-0.25, -0.2) is 9.78 Å². The van der Waals surface area contributed by atoms with Gasteiger partial charge >= 0.3 is 6.03 Å². The Morgan fingerprint density at radius 1 is 1.05 bits per heavy atom. The molecule has 188 valence electrons. The standard InChI is InChI=1S/C29H31N7O/c1-3-14-35-19-26(32-33-35)22-9-5-10-23(17-22)30-29(37)36-24-11-6-15-34(18-24)27-13-12-25(31-28(27)36)21-8-4-7-20(2)16-21/h4-5,7-10,12-13,16-17,19,24H,3,6,11,14-15,18H2,1-2H3,(H,30,37)/t24-/m0/s1. The Kier molecular flexibility index (Phi) is 6.08. The fourth-order valence-corrected chi connectivity index (χ4v) is 5.36. The Bertz CT molecular complexity index is 1450. The van der Waals surface area contributed by atoms with E-state index in [-0.39, 0.29) is 12.1 Å². The largest absolute Gasteiger partial charge is 0.366 e. The monoisotopic (exact) mass is 493 g/mol. The van der Waals surface area contributed by atoms with E-state index in [1.165, 1.54) is 5.56 Å². The number of anilines is 3. The topological polar surface area (TPSA) is 79.2 Å². The number of aryl methyl sites for hydroxylation is 2. The van der Waals surface area contributed by atoms with Crippen molar-refractivity contribution in [3.63, 3.8) is 0 Å². The van der Waals surface area contributed by atoms with Gasteiger partial charge in [0.15, 0.2) is 5.82 Å². The van der Waals surface area contributed by atoms with Gasteiger partial charge in [-0.2, -0.15) is 0 Å². The van der Waals surface area contributed by atoms with Crippen molar-refractivity contribution in [1.82, 2.24) is 20.0 Å². The molecule has 2 aromatic carbocycles. The number of benzene rings is 2. The van der Waals surface area contributed by atoms with Gasteiger partial charge in [-0.3, -0.25) is 9.58 Å². The van der Waals surface area contributed by atoms with Crippen LogP contribution in [0.2, 0.25) is 0 Å². The molecule has 1 N–H and O–H groups in total. The average Bonchev–Trinajstić information content (AvgIpc) is 3.38. The van der Waals surface area contributed by atoms with Crippen LogP contribution in [-0.4, -0.2) is 45.1 Å². The number of pyridine rings is 1. The maximum atomic E-state index is 13.8. The van der Waals surface area contributed by atoms with E-state index < -0.39 is 0 Å². The molecule has 2 bridgehead atoms.